The van der Waals surface area contributed by atoms with Gasteiger partial charge in [0.25, 0.3) is 5.91 Å². The predicted molar refractivity (Wildman–Crippen MR) is 99.4 cm³/mol. The van der Waals surface area contributed by atoms with Crippen LogP contribution in [0, 0.1) is 0 Å². The number of halogens is 3. The van der Waals surface area contributed by atoms with Crippen LogP contribution in [0.2, 0.25) is 0 Å². The number of alkyl halides is 3. The first kappa shape index (κ1) is 20.6. The average Bonchev–Trinajstić information content (AvgIpc) is 2.92. The molecule has 1 heterocycles. The molecule has 2 amide bonds. The fourth-order valence-electron chi connectivity index (χ4n) is 2.95. The predicted octanol–water partition coefficient (Wildman–Crippen LogP) is 3.06. The molecule has 0 aromatic heterocycles. The number of carbonyl (C=O) groups excluding carboxylic acids is 2. The van der Waals surface area contributed by atoms with Gasteiger partial charge in [-0.3, -0.25) is 14.3 Å². The molecule has 154 valence electrons. The van der Waals surface area contributed by atoms with E-state index in [-0.39, 0.29) is 24.0 Å². The van der Waals surface area contributed by atoms with Gasteiger partial charge in [0.2, 0.25) is 5.91 Å². The molecule has 0 bridgehead atoms. The maximum atomic E-state index is 12.7. The third-order valence-electron chi connectivity index (χ3n) is 4.21. The summed E-state index contributed by atoms with van der Waals surface area (Å²) < 4.78 is 61.0. The molecule has 0 spiro atoms. The van der Waals surface area contributed by atoms with Crippen LogP contribution in [0.5, 0.6) is 0 Å². The second kappa shape index (κ2) is 7.39. The second-order valence-corrected chi connectivity index (χ2v) is 8.10. The number of rotatable bonds is 5. The molecule has 0 fully saturated rings. The third-order valence-corrected chi connectivity index (χ3v) is 5.32. The molecule has 2 aromatic rings. The summed E-state index contributed by atoms with van der Waals surface area (Å²) in [6, 6.07) is 10.4. The summed E-state index contributed by atoms with van der Waals surface area (Å²) in [6.45, 7) is 1.81. The number of nitrogens with zero attached hydrogens (tertiary/aromatic N) is 1. The molecule has 2 aromatic carbocycles. The summed E-state index contributed by atoms with van der Waals surface area (Å²) in [5, 5.41) is 2.62. The van der Waals surface area contributed by atoms with Crippen LogP contribution in [0.1, 0.15) is 28.4 Å². The Balaban J connectivity index is 1.73. The molecule has 0 aliphatic carbocycles. The number of sulfonamides is 1. The molecule has 2 N–H and O–H groups in total. The third kappa shape index (κ3) is 4.34. The van der Waals surface area contributed by atoms with Crippen LogP contribution < -0.4 is 10.0 Å². The van der Waals surface area contributed by atoms with Gasteiger partial charge in [-0.05, 0) is 29.3 Å². The van der Waals surface area contributed by atoms with Gasteiger partial charge >= 0.3 is 15.5 Å². The highest BCUT2D eigenvalue weighted by Crippen LogP contribution is 2.31. The number of amides is 2. The monoisotopic (exact) mass is 427 g/mol. The van der Waals surface area contributed by atoms with Crippen LogP contribution in [0.4, 0.5) is 24.5 Å². The van der Waals surface area contributed by atoms with Crippen molar-refractivity contribution in [1.82, 2.24) is 4.90 Å². The van der Waals surface area contributed by atoms with Crippen molar-refractivity contribution in [2.45, 2.75) is 25.5 Å². The Morgan fingerprint density at radius 2 is 1.79 bits per heavy atom. The van der Waals surface area contributed by atoms with Gasteiger partial charge in [-0.2, -0.15) is 21.6 Å². The number of benzene rings is 2. The maximum Gasteiger partial charge on any atom is 0.516 e. The Morgan fingerprint density at radius 3 is 2.38 bits per heavy atom. The fraction of sp³-hybridized carbons (Fsp3) is 0.222. The van der Waals surface area contributed by atoms with Crippen LogP contribution in [-0.4, -0.2) is 30.6 Å². The molecule has 0 saturated heterocycles. The molecule has 1 aliphatic heterocycles. The van der Waals surface area contributed by atoms with Crippen molar-refractivity contribution in [3.05, 3.63) is 59.2 Å². The lowest BCUT2D eigenvalue weighted by Gasteiger charge is -2.16. The molecule has 0 radical (unpaired) electrons. The fourth-order valence-corrected chi connectivity index (χ4v) is 3.52. The van der Waals surface area contributed by atoms with Gasteiger partial charge in [0.1, 0.15) is 0 Å². The minimum absolute atomic E-state index is 0.166. The largest absolute Gasteiger partial charge is 0.516 e. The van der Waals surface area contributed by atoms with Gasteiger partial charge in [-0.25, -0.2) is 0 Å². The van der Waals surface area contributed by atoms with Crippen molar-refractivity contribution >= 4 is 33.2 Å². The first-order valence-electron chi connectivity index (χ1n) is 8.35. The summed E-state index contributed by atoms with van der Waals surface area (Å²) in [4.78, 5) is 25.6. The lowest BCUT2D eigenvalue weighted by atomic mass is 10.1. The van der Waals surface area contributed by atoms with Crippen molar-refractivity contribution < 1.29 is 31.2 Å². The number of hydrogen-bond donors (Lipinski definition) is 2. The zero-order chi connectivity index (χ0) is 21.4. The molecule has 3 rings (SSSR count). The first-order chi connectivity index (χ1) is 13.5. The van der Waals surface area contributed by atoms with E-state index in [1.807, 2.05) is 0 Å². The van der Waals surface area contributed by atoms with Crippen LogP contribution in [0.25, 0.3) is 0 Å². The molecule has 1 aliphatic rings. The molecule has 0 saturated carbocycles. The molecular weight excluding hydrogens is 411 g/mol. The summed E-state index contributed by atoms with van der Waals surface area (Å²) in [5.74, 6) is -0.590. The Bertz CT molecular complexity index is 1070. The molecule has 7 nitrogen and oxygen atoms in total. The SMILES string of the molecule is CC(=O)Nc1cccc2c1C(=O)N(Cc1ccc(NS(=O)(=O)C(F)(F)F)cc1)C2. The van der Waals surface area contributed by atoms with E-state index < -0.39 is 15.5 Å². The maximum absolute atomic E-state index is 12.7. The Labute approximate surface area is 164 Å². The van der Waals surface area contributed by atoms with E-state index in [0.717, 1.165) is 5.56 Å². The van der Waals surface area contributed by atoms with Gasteiger partial charge < -0.3 is 10.2 Å². The lowest BCUT2D eigenvalue weighted by Crippen LogP contribution is -2.29. The van der Waals surface area contributed by atoms with Crippen LogP contribution in [-0.2, 0) is 27.9 Å². The van der Waals surface area contributed by atoms with E-state index >= 15 is 0 Å². The molecular formula is C18H16F3N3O4S. The number of carbonyl (C=O) groups is 2. The number of fused-ring (bicyclic) bond motifs is 1. The Morgan fingerprint density at radius 1 is 1.14 bits per heavy atom. The average molecular weight is 427 g/mol. The molecule has 0 atom stereocenters. The summed E-state index contributed by atoms with van der Waals surface area (Å²) in [6.07, 6.45) is 0. The highest BCUT2D eigenvalue weighted by atomic mass is 32.2. The summed E-state index contributed by atoms with van der Waals surface area (Å²) >= 11 is 0. The van der Waals surface area contributed by atoms with E-state index in [4.69, 9.17) is 0 Å². The topological polar surface area (TPSA) is 95.6 Å². The van der Waals surface area contributed by atoms with Crippen molar-refractivity contribution in [2.24, 2.45) is 0 Å². The minimum atomic E-state index is -5.49. The Hall–Kier alpha value is -3.08. The van der Waals surface area contributed by atoms with Gasteiger partial charge in [0, 0.05) is 25.7 Å². The Kier molecular flexibility index (Phi) is 5.26. The van der Waals surface area contributed by atoms with Crippen LogP contribution in [0.3, 0.4) is 0 Å². The quantitative estimate of drug-likeness (QED) is 0.767. The zero-order valence-corrected chi connectivity index (χ0v) is 15.9. The van der Waals surface area contributed by atoms with Gasteiger partial charge in [-0.1, -0.05) is 24.3 Å². The summed E-state index contributed by atoms with van der Waals surface area (Å²) in [5.41, 5.74) is -3.49. The van der Waals surface area contributed by atoms with E-state index in [0.29, 0.717) is 23.4 Å². The minimum Gasteiger partial charge on any atom is -0.330 e. The zero-order valence-electron chi connectivity index (χ0n) is 15.1. The van der Waals surface area contributed by atoms with Crippen LogP contribution >= 0.6 is 0 Å². The number of nitrogens with one attached hydrogen (secondary N) is 2. The van der Waals surface area contributed by atoms with Gasteiger partial charge in [0.05, 0.1) is 11.3 Å². The highest BCUT2D eigenvalue weighted by Gasteiger charge is 2.46. The standard InChI is InChI=1S/C18H16F3N3O4S/c1-11(25)22-15-4-2-3-13-10-24(17(26)16(13)15)9-12-5-7-14(8-6-12)23-29(27,28)18(19,20)21/h2-8,23H,9-10H2,1H3,(H,22,25). The van der Waals surface area contributed by atoms with E-state index in [1.165, 1.54) is 40.8 Å². The smallest absolute Gasteiger partial charge is 0.330 e. The summed E-state index contributed by atoms with van der Waals surface area (Å²) in [7, 11) is -5.49. The number of hydrogen-bond acceptors (Lipinski definition) is 4. The highest BCUT2D eigenvalue weighted by molar-refractivity contribution is 7.93. The van der Waals surface area contributed by atoms with Crippen molar-refractivity contribution in [3.8, 4) is 0 Å². The lowest BCUT2D eigenvalue weighted by molar-refractivity contribution is -0.114. The van der Waals surface area contributed by atoms with Crippen LogP contribution in [0.15, 0.2) is 42.5 Å². The molecule has 11 heteroatoms. The normalized spacial score (nSPS) is 13.9. The number of anilines is 2. The van der Waals surface area contributed by atoms with E-state index in [1.54, 1.807) is 18.2 Å². The van der Waals surface area contributed by atoms with Crippen molar-refractivity contribution in [2.75, 3.05) is 10.0 Å². The van der Waals surface area contributed by atoms with Crippen molar-refractivity contribution in [1.29, 1.82) is 0 Å². The molecule has 29 heavy (non-hydrogen) atoms. The van der Waals surface area contributed by atoms with E-state index in [9.17, 15) is 31.2 Å². The second-order valence-electron chi connectivity index (χ2n) is 6.43. The van der Waals surface area contributed by atoms with Crippen molar-refractivity contribution in [3.63, 3.8) is 0 Å². The van der Waals surface area contributed by atoms with Gasteiger partial charge in [0.15, 0.2) is 0 Å². The van der Waals surface area contributed by atoms with E-state index in [2.05, 4.69) is 5.32 Å². The van der Waals surface area contributed by atoms with Gasteiger partial charge in [-0.15, -0.1) is 0 Å². The first-order valence-corrected chi connectivity index (χ1v) is 9.83. The molecule has 0 unspecified atom stereocenters.